The van der Waals surface area contributed by atoms with Gasteiger partial charge in [-0.3, -0.25) is 4.90 Å². The van der Waals surface area contributed by atoms with E-state index in [0.717, 1.165) is 23.6 Å². The first-order chi connectivity index (χ1) is 18.2. The number of rotatable bonds is 4. The number of piperidine rings is 1. The Morgan fingerprint density at radius 2 is 1.59 bits per heavy atom. The lowest BCUT2D eigenvalue weighted by Crippen LogP contribution is -2.53. The van der Waals surface area contributed by atoms with Crippen LogP contribution in [0.4, 0.5) is 35.5 Å². The molecule has 39 heavy (non-hydrogen) atoms. The molecule has 2 aromatic carbocycles. The Morgan fingerprint density at radius 3 is 2.15 bits per heavy atom. The zero-order valence-corrected chi connectivity index (χ0v) is 21.6. The van der Waals surface area contributed by atoms with Crippen molar-refractivity contribution in [1.82, 2.24) is 14.7 Å². The molecule has 214 valence electrons. The number of alkyl halides is 6. The van der Waals surface area contributed by atoms with E-state index in [9.17, 15) is 35.5 Å². The summed E-state index contributed by atoms with van der Waals surface area (Å²) in [4.78, 5) is 18.6. The third-order valence-electron chi connectivity index (χ3n) is 7.37. The molecule has 2 aliphatic rings. The van der Waals surface area contributed by atoms with Gasteiger partial charge >= 0.3 is 18.4 Å². The highest BCUT2D eigenvalue weighted by Gasteiger charge is 2.39. The Morgan fingerprint density at radius 1 is 0.974 bits per heavy atom. The van der Waals surface area contributed by atoms with Crippen LogP contribution in [0, 0.1) is 12.7 Å². The molecule has 2 heterocycles. The van der Waals surface area contributed by atoms with Gasteiger partial charge in [-0.05, 0) is 66.8 Å². The summed E-state index contributed by atoms with van der Waals surface area (Å²) in [5.74, 6) is -0.420. The highest BCUT2D eigenvalue weighted by atomic mass is 19.4. The van der Waals surface area contributed by atoms with E-state index in [0.29, 0.717) is 50.3 Å². The summed E-state index contributed by atoms with van der Waals surface area (Å²) in [6, 6.07) is 4.79. The lowest BCUT2D eigenvalue weighted by Gasteiger charge is -2.45. The van der Waals surface area contributed by atoms with Crippen molar-refractivity contribution < 1.29 is 40.3 Å². The van der Waals surface area contributed by atoms with Gasteiger partial charge in [0.2, 0.25) is 0 Å². The van der Waals surface area contributed by atoms with Crippen molar-refractivity contribution in [3.05, 3.63) is 70.0 Å². The minimum atomic E-state index is -4.98. The minimum absolute atomic E-state index is 0.0646. The van der Waals surface area contributed by atoms with Crippen LogP contribution in [0.1, 0.15) is 46.7 Å². The van der Waals surface area contributed by atoms with E-state index < -0.39 is 47.9 Å². The molecule has 0 saturated carbocycles. The Balaban J connectivity index is 1.60. The number of morpholine rings is 1. The van der Waals surface area contributed by atoms with E-state index in [2.05, 4.69) is 4.90 Å². The normalized spacial score (nSPS) is 21.2. The Labute approximate surface area is 222 Å². The number of carbonyl (C=O) groups excluding carboxylic acids is 1. The van der Waals surface area contributed by atoms with Crippen LogP contribution in [0.5, 0.6) is 0 Å². The van der Waals surface area contributed by atoms with Gasteiger partial charge in [0, 0.05) is 39.3 Å². The van der Waals surface area contributed by atoms with Gasteiger partial charge in [-0.25, -0.2) is 9.18 Å². The zero-order valence-electron chi connectivity index (χ0n) is 21.6. The lowest BCUT2D eigenvalue weighted by atomic mass is 9.88. The second kappa shape index (κ2) is 11.3. The molecule has 2 fully saturated rings. The SMILES string of the molecule is Cc1cc(F)ccc1C1CC(N2CCOCC2)CCN1C(=O)N(C)Cc1cc(C(F)(F)F)cc(C(F)(F)F)c1. The molecule has 4 rings (SSSR count). The molecule has 2 unspecified atom stereocenters. The molecule has 2 aromatic rings. The van der Waals surface area contributed by atoms with E-state index in [1.807, 2.05) is 0 Å². The maximum absolute atomic E-state index is 13.9. The Hall–Kier alpha value is -2.86. The molecule has 2 aliphatic heterocycles. The fourth-order valence-corrected chi connectivity index (χ4v) is 5.43. The fraction of sp³-hybridized carbons (Fsp3) is 0.519. The van der Waals surface area contributed by atoms with Crippen molar-refractivity contribution in [2.24, 2.45) is 0 Å². The second-order valence-electron chi connectivity index (χ2n) is 10.1. The average molecular weight is 562 g/mol. The highest BCUT2D eigenvalue weighted by Crippen LogP contribution is 2.38. The van der Waals surface area contributed by atoms with E-state index >= 15 is 0 Å². The summed E-state index contributed by atoms with van der Waals surface area (Å²) in [7, 11) is 1.35. The van der Waals surface area contributed by atoms with Gasteiger partial charge in [0.1, 0.15) is 5.82 Å². The van der Waals surface area contributed by atoms with Crippen LogP contribution < -0.4 is 0 Å². The predicted octanol–water partition coefficient (Wildman–Crippen LogP) is 6.26. The Kier molecular flexibility index (Phi) is 8.46. The topological polar surface area (TPSA) is 36.0 Å². The number of amides is 2. The summed E-state index contributed by atoms with van der Waals surface area (Å²) in [6.07, 6.45) is -8.78. The molecule has 0 aliphatic carbocycles. The van der Waals surface area contributed by atoms with Crippen LogP contribution in [0.25, 0.3) is 0 Å². The number of hydrogen-bond acceptors (Lipinski definition) is 3. The summed E-state index contributed by atoms with van der Waals surface area (Å²) in [5.41, 5.74) is -1.75. The van der Waals surface area contributed by atoms with Crippen molar-refractivity contribution in [3.8, 4) is 0 Å². The molecule has 2 amide bonds. The molecule has 2 saturated heterocycles. The number of benzene rings is 2. The smallest absolute Gasteiger partial charge is 0.379 e. The monoisotopic (exact) mass is 561 g/mol. The zero-order chi connectivity index (χ0) is 28.5. The standard InChI is InChI=1S/C27H30F7N3O2/c1-17-11-21(28)3-4-23(17)24-15-22(36-7-9-39-10-8-36)5-6-37(24)25(38)35(2)16-18-12-19(26(29,30)31)14-20(13-18)27(32,33)34/h3-4,11-14,22,24H,5-10,15-16H2,1-2H3. The van der Waals surface area contributed by atoms with Crippen LogP contribution >= 0.6 is 0 Å². The van der Waals surface area contributed by atoms with Crippen molar-refractivity contribution in [3.63, 3.8) is 0 Å². The maximum Gasteiger partial charge on any atom is 0.416 e. The molecule has 0 bridgehead atoms. The van der Waals surface area contributed by atoms with Crippen LogP contribution in [0.2, 0.25) is 0 Å². The summed E-state index contributed by atoms with van der Waals surface area (Å²) in [6.45, 7) is 4.28. The van der Waals surface area contributed by atoms with Crippen molar-refractivity contribution in [2.75, 3.05) is 39.9 Å². The minimum Gasteiger partial charge on any atom is -0.379 e. The van der Waals surface area contributed by atoms with Crippen molar-refractivity contribution in [2.45, 2.75) is 50.7 Å². The van der Waals surface area contributed by atoms with Gasteiger partial charge in [0.15, 0.2) is 0 Å². The maximum atomic E-state index is 13.9. The van der Waals surface area contributed by atoms with Gasteiger partial charge in [-0.2, -0.15) is 26.3 Å². The van der Waals surface area contributed by atoms with E-state index in [4.69, 9.17) is 4.74 Å². The number of aryl methyl sites for hydroxylation is 1. The molecule has 0 spiro atoms. The second-order valence-corrected chi connectivity index (χ2v) is 10.1. The largest absolute Gasteiger partial charge is 0.416 e. The number of carbonyl (C=O) groups is 1. The molecule has 5 nitrogen and oxygen atoms in total. The van der Waals surface area contributed by atoms with Crippen LogP contribution in [-0.2, 0) is 23.6 Å². The van der Waals surface area contributed by atoms with Crippen LogP contribution in [0.15, 0.2) is 36.4 Å². The average Bonchev–Trinajstić information content (AvgIpc) is 2.87. The van der Waals surface area contributed by atoms with Crippen molar-refractivity contribution >= 4 is 6.03 Å². The molecule has 12 heteroatoms. The molecular weight excluding hydrogens is 531 g/mol. The number of nitrogens with zero attached hydrogens (tertiary/aromatic N) is 3. The highest BCUT2D eigenvalue weighted by molar-refractivity contribution is 5.75. The molecule has 2 atom stereocenters. The summed E-state index contributed by atoms with van der Waals surface area (Å²) >= 11 is 0. The Bertz CT molecular complexity index is 1150. The van der Waals surface area contributed by atoms with Gasteiger partial charge in [-0.15, -0.1) is 0 Å². The molecule has 0 N–H and O–H groups in total. The van der Waals surface area contributed by atoms with E-state index in [1.54, 1.807) is 17.9 Å². The van der Waals surface area contributed by atoms with Gasteiger partial charge in [0.25, 0.3) is 0 Å². The first-order valence-corrected chi connectivity index (χ1v) is 12.6. The lowest BCUT2D eigenvalue weighted by molar-refractivity contribution is -0.143. The third kappa shape index (κ3) is 6.84. The van der Waals surface area contributed by atoms with E-state index in [-0.39, 0.29) is 17.7 Å². The van der Waals surface area contributed by atoms with Crippen LogP contribution in [0.3, 0.4) is 0 Å². The first kappa shape index (κ1) is 29.1. The van der Waals surface area contributed by atoms with Gasteiger partial charge in [0.05, 0.1) is 30.4 Å². The number of likely N-dealkylation sites (tertiary alicyclic amines) is 1. The molecule has 0 aromatic heterocycles. The summed E-state index contributed by atoms with van der Waals surface area (Å²) in [5, 5.41) is 0. The van der Waals surface area contributed by atoms with E-state index in [1.165, 1.54) is 19.2 Å². The molecule has 0 radical (unpaired) electrons. The number of ether oxygens (including phenoxy) is 1. The number of halogens is 7. The first-order valence-electron chi connectivity index (χ1n) is 12.6. The predicted molar refractivity (Wildman–Crippen MR) is 129 cm³/mol. The van der Waals surface area contributed by atoms with Gasteiger partial charge in [-0.1, -0.05) is 6.07 Å². The van der Waals surface area contributed by atoms with Gasteiger partial charge < -0.3 is 14.5 Å². The summed E-state index contributed by atoms with van der Waals surface area (Å²) < 4.78 is 99.3. The number of hydrogen-bond donors (Lipinski definition) is 0. The fourth-order valence-electron chi connectivity index (χ4n) is 5.43. The van der Waals surface area contributed by atoms with Crippen molar-refractivity contribution in [1.29, 1.82) is 0 Å². The molecular formula is C27H30F7N3O2. The third-order valence-corrected chi connectivity index (χ3v) is 7.37. The number of urea groups is 1. The van der Waals surface area contributed by atoms with Crippen LogP contribution in [-0.4, -0.2) is 66.7 Å². The quantitative estimate of drug-likeness (QED) is 0.414.